The molecule has 1 aliphatic carbocycles. The van der Waals surface area contributed by atoms with E-state index < -0.39 is 39.6 Å². The van der Waals surface area contributed by atoms with E-state index in [2.05, 4.69) is 10.6 Å². The summed E-state index contributed by atoms with van der Waals surface area (Å²) in [7, 11) is 0. The molecule has 0 bridgehead atoms. The molecule has 194 valence electrons. The van der Waals surface area contributed by atoms with Gasteiger partial charge in [-0.15, -0.1) is 23.2 Å². The molecule has 4 N–H and O–H groups in total. The lowest BCUT2D eigenvalue weighted by molar-refractivity contribution is -0.117. The first kappa shape index (κ1) is 28.0. The second-order valence-electron chi connectivity index (χ2n) is 8.38. The van der Waals surface area contributed by atoms with Crippen LogP contribution in [0.25, 0.3) is 0 Å². The van der Waals surface area contributed by atoms with E-state index in [1.54, 1.807) is 6.92 Å². The Balaban J connectivity index is 1.57. The number of benzene rings is 3. The molecule has 0 aromatic heterocycles. The first-order valence-electron chi connectivity index (χ1n) is 10.4. The summed E-state index contributed by atoms with van der Waals surface area (Å²) in [6.45, 7) is 1.61. The number of hydrogen-bond donors (Lipinski definition) is 3. The van der Waals surface area contributed by atoms with Gasteiger partial charge in [0.15, 0.2) is 0 Å². The Bertz CT molecular complexity index is 1440. The third kappa shape index (κ3) is 5.44. The Hall–Kier alpha value is -2.00. The molecule has 3 aromatic rings. The van der Waals surface area contributed by atoms with Gasteiger partial charge < -0.3 is 16.4 Å². The lowest BCUT2D eigenvalue weighted by atomic mass is 10.1. The van der Waals surface area contributed by atoms with Crippen molar-refractivity contribution in [2.45, 2.75) is 17.2 Å². The van der Waals surface area contributed by atoms with Crippen LogP contribution in [0, 0.1) is 24.5 Å². The number of nitrogens with one attached hydrogen (secondary N) is 2. The number of carbonyl (C=O) groups is 2. The lowest BCUT2D eigenvalue weighted by Crippen LogP contribution is -2.19. The van der Waals surface area contributed by atoms with Crippen LogP contribution in [0.15, 0.2) is 36.4 Å². The van der Waals surface area contributed by atoms with Crippen molar-refractivity contribution in [1.82, 2.24) is 0 Å². The molecule has 1 aliphatic rings. The van der Waals surface area contributed by atoms with E-state index in [1.807, 2.05) is 0 Å². The fourth-order valence-electron chi connectivity index (χ4n) is 3.90. The molecule has 37 heavy (non-hydrogen) atoms. The summed E-state index contributed by atoms with van der Waals surface area (Å²) in [4.78, 5) is 26.0. The number of aryl methyl sites for hydroxylation is 1. The Labute approximate surface area is 240 Å². The van der Waals surface area contributed by atoms with Crippen molar-refractivity contribution in [3.63, 3.8) is 0 Å². The second kappa shape index (κ2) is 10.3. The van der Waals surface area contributed by atoms with E-state index >= 15 is 0 Å². The molecular formula is C24H15Cl6F2N3O2. The molecule has 5 nitrogen and oxygen atoms in total. The minimum Gasteiger partial charge on any atom is -0.396 e. The van der Waals surface area contributed by atoms with Crippen molar-refractivity contribution in [3.8, 4) is 0 Å². The predicted octanol–water partition coefficient (Wildman–Crippen LogP) is 8.25. The lowest BCUT2D eigenvalue weighted by Gasteiger charge is -2.13. The van der Waals surface area contributed by atoms with Crippen molar-refractivity contribution in [3.05, 3.63) is 84.8 Å². The summed E-state index contributed by atoms with van der Waals surface area (Å²) in [6.07, 6.45) is 0. The van der Waals surface area contributed by atoms with E-state index in [9.17, 15) is 18.4 Å². The van der Waals surface area contributed by atoms with Crippen molar-refractivity contribution in [2.24, 2.45) is 5.92 Å². The van der Waals surface area contributed by atoms with Crippen molar-refractivity contribution in [2.75, 3.05) is 16.4 Å². The summed E-state index contributed by atoms with van der Waals surface area (Å²) in [5.41, 5.74) is 5.86. The van der Waals surface area contributed by atoms with Crippen LogP contribution < -0.4 is 16.4 Å². The zero-order chi connectivity index (χ0) is 27.4. The summed E-state index contributed by atoms with van der Waals surface area (Å²) in [6, 6.07) is 7.38. The van der Waals surface area contributed by atoms with Crippen LogP contribution >= 0.6 is 69.6 Å². The standard InChI is InChI=1S/C24H15Cl6F2N3O2/c1-8-2-10(5-11(20(8)27)22(36)35-17-7-16(33)14(31)6-15(17)32)34-23(37)19-18(24(19,29)30)9-3-12(25)21(28)13(26)4-9/h2-7,18-19H,33H2,1H3,(H,34,37)(H,35,36)/t18-,19?/m0/s1. The fraction of sp³-hybridized carbons (Fsp3) is 0.167. The van der Waals surface area contributed by atoms with Crippen LogP contribution in [0.5, 0.6) is 0 Å². The van der Waals surface area contributed by atoms with Gasteiger partial charge >= 0.3 is 0 Å². The van der Waals surface area contributed by atoms with E-state index in [4.69, 9.17) is 75.3 Å². The average molecular weight is 628 g/mol. The molecule has 0 spiro atoms. The number of alkyl halides is 2. The van der Waals surface area contributed by atoms with E-state index in [1.165, 1.54) is 24.3 Å². The molecule has 1 unspecified atom stereocenters. The number of amides is 2. The highest BCUT2D eigenvalue weighted by Crippen LogP contribution is 2.65. The van der Waals surface area contributed by atoms with E-state index in [0.29, 0.717) is 17.2 Å². The maximum Gasteiger partial charge on any atom is 0.257 e. The van der Waals surface area contributed by atoms with Crippen molar-refractivity contribution in [1.29, 1.82) is 0 Å². The van der Waals surface area contributed by atoms with Gasteiger partial charge in [-0.25, -0.2) is 8.78 Å². The van der Waals surface area contributed by atoms with Gasteiger partial charge in [-0.2, -0.15) is 0 Å². The monoisotopic (exact) mass is 625 g/mol. The number of halogens is 8. The number of nitrogens with two attached hydrogens (primary N) is 1. The second-order valence-corrected chi connectivity index (χ2v) is 11.4. The van der Waals surface area contributed by atoms with Crippen molar-refractivity contribution < 1.29 is 18.4 Å². The highest BCUT2D eigenvalue weighted by molar-refractivity contribution is 6.54. The van der Waals surface area contributed by atoms with Crippen LogP contribution in [0.1, 0.15) is 27.4 Å². The summed E-state index contributed by atoms with van der Waals surface area (Å²) in [5, 5.41) is 5.56. The largest absolute Gasteiger partial charge is 0.396 e. The summed E-state index contributed by atoms with van der Waals surface area (Å²) < 4.78 is 26.1. The van der Waals surface area contributed by atoms with Crippen molar-refractivity contribution >= 4 is 98.5 Å². The van der Waals surface area contributed by atoms with Gasteiger partial charge in [0.2, 0.25) is 5.91 Å². The van der Waals surface area contributed by atoms with Gasteiger partial charge in [-0.3, -0.25) is 9.59 Å². The zero-order valence-electron chi connectivity index (χ0n) is 18.5. The molecule has 1 saturated carbocycles. The van der Waals surface area contributed by atoms with Gasteiger partial charge in [-0.1, -0.05) is 46.4 Å². The number of anilines is 3. The number of carbonyl (C=O) groups excluding carboxylic acids is 2. The molecule has 0 heterocycles. The highest BCUT2D eigenvalue weighted by Gasteiger charge is 2.67. The predicted molar refractivity (Wildman–Crippen MR) is 146 cm³/mol. The normalized spacial score (nSPS) is 17.9. The smallest absolute Gasteiger partial charge is 0.257 e. The summed E-state index contributed by atoms with van der Waals surface area (Å²) in [5.74, 6) is -4.86. The molecule has 0 saturated heterocycles. The van der Waals surface area contributed by atoms with Gasteiger partial charge in [-0.05, 0) is 48.4 Å². The average Bonchev–Trinajstić information content (AvgIpc) is 3.39. The Morgan fingerprint density at radius 2 is 1.51 bits per heavy atom. The molecule has 2 atom stereocenters. The van der Waals surface area contributed by atoms with Gasteiger partial charge in [0.25, 0.3) is 5.91 Å². The molecular weight excluding hydrogens is 613 g/mol. The number of nitrogen functional groups attached to an aromatic ring is 1. The molecule has 0 radical (unpaired) electrons. The first-order valence-corrected chi connectivity index (χ1v) is 12.7. The molecule has 3 aromatic carbocycles. The van der Waals surface area contributed by atoms with E-state index in [-0.39, 0.29) is 42.7 Å². The molecule has 4 rings (SSSR count). The quantitative estimate of drug-likeness (QED) is 0.151. The number of rotatable bonds is 5. The minimum atomic E-state index is -1.45. The fourth-order valence-corrected chi connectivity index (χ4v) is 5.54. The van der Waals surface area contributed by atoms with Gasteiger partial charge in [0.1, 0.15) is 16.0 Å². The van der Waals surface area contributed by atoms with E-state index in [0.717, 1.165) is 6.07 Å². The van der Waals surface area contributed by atoms with Gasteiger partial charge in [0.05, 0.1) is 42.9 Å². The Morgan fingerprint density at radius 3 is 2.14 bits per heavy atom. The minimum absolute atomic E-state index is 0.0600. The third-order valence-corrected chi connectivity index (χ3v) is 8.44. The first-order chi connectivity index (χ1) is 17.2. The third-order valence-electron chi connectivity index (χ3n) is 5.80. The molecule has 2 amide bonds. The zero-order valence-corrected chi connectivity index (χ0v) is 23.1. The topological polar surface area (TPSA) is 84.2 Å². The maximum atomic E-state index is 14.1. The number of hydrogen-bond acceptors (Lipinski definition) is 3. The Morgan fingerprint density at radius 1 is 0.892 bits per heavy atom. The SMILES string of the molecule is Cc1cc(NC(=O)C2[C@H](c3cc(Cl)c(Cl)c(Cl)c3)C2(Cl)Cl)cc(C(=O)Nc2cc(N)c(F)cc2F)c1Cl. The Kier molecular flexibility index (Phi) is 7.79. The van der Waals surface area contributed by atoms with Crippen LogP contribution in [-0.4, -0.2) is 16.1 Å². The van der Waals surface area contributed by atoms with Gasteiger partial charge in [0, 0.05) is 17.7 Å². The maximum absolute atomic E-state index is 14.1. The van der Waals surface area contributed by atoms with Crippen LogP contribution in [-0.2, 0) is 4.79 Å². The highest BCUT2D eigenvalue weighted by atomic mass is 35.5. The molecule has 1 fully saturated rings. The van der Waals surface area contributed by atoms with Crippen LogP contribution in [0.2, 0.25) is 20.1 Å². The molecule has 13 heteroatoms. The molecule has 0 aliphatic heterocycles. The van der Waals surface area contributed by atoms with Crippen LogP contribution in [0.4, 0.5) is 25.8 Å². The van der Waals surface area contributed by atoms with Crippen LogP contribution in [0.3, 0.4) is 0 Å². The summed E-state index contributed by atoms with van der Waals surface area (Å²) >= 11 is 37.3.